The second kappa shape index (κ2) is 8.55. The summed E-state index contributed by atoms with van der Waals surface area (Å²) < 4.78 is 5.54. The molecule has 1 aromatic rings. The standard InChI is InChI=1S/C25H35ClN2O2/c1-24(2,3)30-23(29)28-15-13-27(14-16-28)18-20-9-12-25(10-4-11-25)17-22(20)19-5-7-21(26)8-6-19/h5-8H,4,9-18H2,1-3H3. The van der Waals surface area contributed by atoms with Crippen molar-refractivity contribution in [2.24, 2.45) is 5.41 Å². The Morgan fingerprint density at radius 2 is 1.73 bits per heavy atom. The van der Waals surface area contributed by atoms with Crippen LogP contribution in [0.1, 0.15) is 64.9 Å². The van der Waals surface area contributed by atoms with E-state index in [4.69, 9.17) is 16.3 Å². The number of rotatable bonds is 3. The highest BCUT2D eigenvalue weighted by Gasteiger charge is 2.40. The van der Waals surface area contributed by atoms with Gasteiger partial charge >= 0.3 is 6.09 Å². The smallest absolute Gasteiger partial charge is 0.410 e. The molecule has 0 N–H and O–H groups in total. The van der Waals surface area contributed by atoms with Gasteiger partial charge in [-0.3, -0.25) is 4.90 Å². The molecule has 1 heterocycles. The summed E-state index contributed by atoms with van der Waals surface area (Å²) in [5, 5.41) is 0.799. The highest BCUT2D eigenvalue weighted by Crippen LogP contribution is 2.55. The van der Waals surface area contributed by atoms with Crippen LogP contribution >= 0.6 is 11.6 Å². The average molecular weight is 431 g/mol. The van der Waals surface area contributed by atoms with Crippen molar-refractivity contribution in [1.82, 2.24) is 9.80 Å². The summed E-state index contributed by atoms with van der Waals surface area (Å²) in [4.78, 5) is 16.7. The van der Waals surface area contributed by atoms with E-state index in [-0.39, 0.29) is 6.09 Å². The number of carbonyl (C=O) groups excluding carboxylic acids is 1. The van der Waals surface area contributed by atoms with Gasteiger partial charge in [0.2, 0.25) is 0 Å². The molecule has 4 rings (SSSR count). The number of hydrogen-bond acceptors (Lipinski definition) is 3. The summed E-state index contributed by atoms with van der Waals surface area (Å²) in [6.07, 6.45) is 7.70. The largest absolute Gasteiger partial charge is 0.444 e. The van der Waals surface area contributed by atoms with E-state index in [1.165, 1.54) is 44.1 Å². The molecule has 2 fully saturated rings. The zero-order valence-electron chi connectivity index (χ0n) is 18.7. The summed E-state index contributed by atoms with van der Waals surface area (Å²) in [6.45, 7) is 10.1. The van der Waals surface area contributed by atoms with Crippen LogP contribution in [0.5, 0.6) is 0 Å². The Morgan fingerprint density at radius 1 is 1.07 bits per heavy atom. The Bertz CT molecular complexity index is 797. The molecule has 0 aromatic heterocycles. The van der Waals surface area contributed by atoms with Crippen LogP contribution in [0.2, 0.25) is 5.02 Å². The van der Waals surface area contributed by atoms with Gasteiger partial charge in [-0.25, -0.2) is 4.79 Å². The number of amides is 1. The maximum atomic E-state index is 12.4. The lowest BCUT2D eigenvalue weighted by Crippen LogP contribution is -2.50. The molecule has 1 amide bonds. The summed E-state index contributed by atoms with van der Waals surface area (Å²) >= 11 is 6.15. The zero-order valence-corrected chi connectivity index (χ0v) is 19.4. The molecule has 5 heteroatoms. The van der Waals surface area contributed by atoms with Crippen molar-refractivity contribution in [2.75, 3.05) is 32.7 Å². The minimum absolute atomic E-state index is 0.187. The van der Waals surface area contributed by atoms with E-state index in [0.717, 1.165) is 37.7 Å². The first-order valence-electron chi connectivity index (χ1n) is 11.4. The number of nitrogens with zero attached hydrogens (tertiary/aromatic N) is 2. The Hall–Kier alpha value is -1.52. The van der Waals surface area contributed by atoms with E-state index >= 15 is 0 Å². The number of piperazine rings is 1. The molecule has 1 spiro atoms. The topological polar surface area (TPSA) is 32.8 Å². The monoisotopic (exact) mass is 430 g/mol. The molecule has 0 radical (unpaired) electrons. The van der Waals surface area contributed by atoms with Crippen LogP contribution in [0.3, 0.4) is 0 Å². The van der Waals surface area contributed by atoms with Crippen LogP contribution < -0.4 is 0 Å². The van der Waals surface area contributed by atoms with Gasteiger partial charge in [-0.15, -0.1) is 0 Å². The van der Waals surface area contributed by atoms with Gasteiger partial charge in [0.05, 0.1) is 0 Å². The number of carbonyl (C=O) groups is 1. The molecule has 3 aliphatic rings. The molecule has 1 saturated carbocycles. The second-order valence-electron chi connectivity index (χ2n) is 10.4. The van der Waals surface area contributed by atoms with Crippen molar-refractivity contribution in [1.29, 1.82) is 0 Å². The first kappa shape index (κ1) is 21.7. The van der Waals surface area contributed by atoms with Gasteiger partial charge in [-0.05, 0) is 81.6 Å². The second-order valence-corrected chi connectivity index (χ2v) is 10.8. The number of halogens is 1. The Balaban J connectivity index is 1.43. The molecule has 0 atom stereocenters. The molecule has 2 aliphatic carbocycles. The van der Waals surface area contributed by atoms with Crippen molar-refractivity contribution in [3.63, 3.8) is 0 Å². The van der Waals surface area contributed by atoms with Crippen LogP contribution in [-0.4, -0.2) is 54.2 Å². The van der Waals surface area contributed by atoms with Crippen LogP contribution in [0.25, 0.3) is 5.57 Å². The van der Waals surface area contributed by atoms with E-state index in [2.05, 4.69) is 17.0 Å². The van der Waals surface area contributed by atoms with Crippen molar-refractivity contribution < 1.29 is 9.53 Å². The summed E-state index contributed by atoms with van der Waals surface area (Å²) in [5.41, 5.74) is 4.58. The molecule has 30 heavy (non-hydrogen) atoms. The minimum Gasteiger partial charge on any atom is -0.444 e. The van der Waals surface area contributed by atoms with E-state index < -0.39 is 5.60 Å². The van der Waals surface area contributed by atoms with Gasteiger partial charge in [-0.2, -0.15) is 0 Å². The maximum Gasteiger partial charge on any atom is 0.410 e. The normalized spacial score (nSPS) is 22.2. The van der Waals surface area contributed by atoms with Gasteiger partial charge < -0.3 is 9.64 Å². The van der Waals surface area contributed by atoms with Crippen molar-refractivity contribution in [3.8, 4) is 0 Å². The van der Waals surface area contributed by atoms with Gasteiger partial charge in [0.15, 0.2) is 0 Å². The van der Waals surface area contributed by atoms with Crippen LogP contribution in [0.15, 0.2) is 29.8 Å². The molecule has 0 bridgehead atoms. The third-order valence-electron chi connectivity index (χ3n) is 6.98. The third-order valence-corrected chi connectivity index (χ3v) is 7.23. The highest BCUT2D eigenvalue weighted by molar-refractivity contribution is 6.30. The molecule has 164 valence electrons. The average Bonchev–Trinajstić information content (AvgIpc) is 2.67. The fourth-order valence-electron chi connectivity index (χ4n) is 5.08. The van der Waals surface area contributed by atoms with Crippen LogP contribution in [0.4, 0.5) is 4.79 Å². The number of hydrogen-bond donors (Lipinski definition) is 0. The molecular weight excluding hydrogens is 396 g/mol. The van der Waals surface area contributed by atoms with Gasteiger partial charge in [0.25, 0.3) is 0 Å². The molecule has 1 saturated heterocycles. The van der Waals surface area contributed by atoms with E-state index in [0.29, 0.717) is 5.41 Å². The number of ether oxygens (including phenoxy) is 1. The number of benzene rings is 1. The summed E-state index contributed by atoms with van der Waals surface area (Å²) in [5.74, 6) is 0. The fourth-order valence-corrected chi connectivity index (χ4v) is 5.20. The minimum atomic E-state index is -0.438. The van der Waals surface area contributed by atoms with Crippen molar-refractivity contribution in [3.05, 3.63) is 40.4 Å². The van der Waals surface area contributed by atoms with Crippen LogP contribution in [0, 0.1) is 5.41 Å². The Kier molecular flexibility index (Phi) is 6.18. The molecule has 1 aliphatic heterocycles. The summed E-state index contributed by atoms with van der Waals surface area (Å²) in [6, 6.07) is 8.41. The predicted molar refractivity (Wildman–Crippen MR) is 123 cm³/mol. The Morgan fingerprint density at radius 3 is 2.30 bits per heavy atom. The van der Waals surface area contributed by atoms with Gasteiger partial charge in [0, 0.05) is 37.7 Å². The molecule has 0 unspecified atom stereocenters. The van der Waals surface area contributed by atoms with E-state index in [1.54, 1.807) is 11.1 Å². The van der Waals surface area contributed by atoms with Crippen molar-refractivity contribution >= 4 is 23.3 Å². The summed E-state index contributed by atoms with van der Waals surface area (Å²) in [7, 11) is 0. The lowest BCUT2D eigenvalue weighted by atomic mass is 9.59. The fraction of sp³-hybridized carbons (Fsp3) is 0.640. The molecule has 1 aromatic carbocycles. The SMILES string of the molecule is CC(C)(C)OC(=O)N1CCN(CC2=C(c3ccc(Cl)cc3)CC3(CCC3)CC2)CC1. The lowest BCUT2D eigenvalue weighted by molar-refractivity contribution is 0.0150. The van der Waals surface area contributed by atoms with E-state index in [1.807, 2.05) is 37.8 Å². The molecule has 4 nitrogen and oxygen atoms in total. The van der Waals surface area contributed by atoms with E-state index in [9.17, 15) is 4.79 Å². The first-order chi connectivity index (χ1) is 14.2. The van der Waals surface area contributed by atoms with Crippen molar-refractivity contribution in [2.45, 2.75) is 64.9 Å². The maximum absolute atomic E-state index is 12.4. The van der Waals surface area contributed by atoms with Gasteiger partial charge in [-0.1, -0.05) is 35.7 Å². The molecular formula is C25H35ClN2O2. The number of allylic oxidation sites excluding steroid dienone is 1. The predicted octanol–water partition coefficient (Wildman–Crippen LogP) is 6.00. The Labute approximate surface area is 186 Å². The third kappa shape index (κ3) is 5.03. The first-order valence-corrected chi connectivity index (χ1v) is 11.8. The lowest BCUT2D eigenvalue weighted by Gasteiger charge is -2.47. The highest BCUT2D eigenvalue weighted by atomic mass is 35.5. The zero-order chi connectivity index (χ0) is 21.4. The quantitative estimate of drug-likeness (QED) is 0.589. The van der Waals surface area contributed by atoms with Crippen LogP contribution in [-0.2, 0) is 4.74 Å². The van der Waals surface area contributed by atoms with Gasteiger partial charge in [0.1, 0.15) is 5.60 Å².